The number of hydrogen-bond acceptors (Lipinski definition) is 4. The summed E-state index contributed by atoms with van der Waals surface area (Å²) in [5.41, 5.74) is 0.946. The Kier molecular flexibility index (Phi) is 8.34. The first-order valence-corrected chi connectivity index (χ1v) is 10.0. The molecule has 4 N–H and O–H groups in total. The van der Waals surface area contributed by atoms with Gasteiger partial charge in [-0.3, -0.25) is 9.89 Å². The highest BCUT2D eigenvalue weighted by atomic mass is 32.2. The number of benzene rings is 1. The molecule has 0 aromatic heterocycles. The Morgan fingerprint density at radius 2 is 1.68 bits per heavy atom. The Bertz CT molecular complexity index is 646. The molecule has 25 heavy (non-hydrogen) atoms. The Morgan fingerprint density at radius 3 is 2.12 bits per heavy atom. The van der Waals surface area contributed by atoms with Crippen LogP contribution in [-0.2, 0) is 16.6 Å². The molecular formula is C17H31N5O2S. The van der Waals surface area contributed by atoms with Gasteiger partial charge in [0.15, 0.2) is 5.96 Å². The van der Waals surface area contributed by atoms with Crippen molar-refractivity contribution in [3.05, 3.63) is 29.8 Å². The first-order chi connectivity index (χ1) is 11.6. The van der Waals surface area contributed by atoms with Gasteiger partial charge in [-0.2, -0.15) is 0 Å². The van der Waals surface area contributed by atoms with Gasteiger partial charge in [0.05, 0.1) is 4.90 Å². The third-order valence-corrected chi connectivity index (χ3v) is 4.85. The van der Waals surface area contributed by atoms with Gasteiger partial charge in [-0.1, -0.05) is 12.1 Å². The first-order valence-electron chi connectivity index (χ1n) is 8.47. The number of primary sulfonamides is 1. The summed E-state index contributed by atoms with van der Waals surface area (Å²) in [6, 6.07) is 7.47. The minimum absolute atomic E-state index is 0.112. The van der Waals surface area contributed by atoms with E-state index in [0.29, 0.717) is 24.6 Å². The van der Waals surface area contributed by atoms with Crippen LogP contribution in [-0.4, -0.2) is 51.5 Å². The predicted molar refractivity (Wildman–Crippen MR) is 103 cm³/mol. The molecule has 0 aliphatic heterocycles. The number of nitrogens with one attached hydrogen (secondary N) is 2. The average molecular weight is 370 g/mol. The molecule has 0 atom stereocenters. The molecule has 0 unspecified atom stereocenters. The fraction of sp³-hybridized carbons (Fsp3) is 0.588. The van der Waals surface area contributed by atoms with E-state index in [9.17, 15) is 8.42 Å². The van der Waals surface area contributed by atoms with Gasteiger partial charge in [-0.15, -0.1) is 0 Å². The van der Waals surface area contributed by atoms with Gasteiger partial charge < -0.3 is 10.6 Å². The Hall–Kier alpha value is -1.64. The van der Waals surface area contributed by atoms with Crippen LogP contribution in [0.3, 0.4) is 0 Å². The number of sulfonamides is 1. The molecule has 0 heterocycles. The van der Waals surface area contributed by atoms with Gasteiger partial charge in [0.1, 0.15) is 0 Å². The lowest BCUT2D eigenvalue weighted by Crippen LogP contribution is -2.45. The molecule has 1 aromatic rings. The van der Waals surface area contributed by atoms with Crippen LogP contribution >= 0.6 is 0 Å². The molecule has 142 valence electrons. The number of rotatable bonds is 8. The zero-order valence-corrected chi connectivity index (χ0v) is 16.6. The summed E-state index contributed by atoms with van der Waals surface area (Å²) < 4.78 is 22.5. The van der Waals surface area contributed by atoms with Crippen molar-refractivity contribution in [3.63, 3.8) is 0 Å². The molecule has 0 aliphatic rings. The van der Waals surface area contributed by atoms with Gasteiger partial charge in [-0.05, 0) is 45.4 Å². The lowest BCUT2D eigenvalue weighted by molar-refractivity contribution is 0.178. The fourth-order valence-electron chi connectivity index (χ4n) is 2.62. The van der Waals surface area contributed by atoms with Crippen LogP contribution in [0.2, 0.25) is 0 Å². The smallest absolute Gasteiger partial charge is 0.238 e. The van der Waals surface area contributed by atoms with Crippen molar-refractivity contribution in [1.29, 1.82) is 0 Å². The maximum Gasteiger partial charge on any atom is 0.238 e. The van der Waals surface area contributed by atoms with Crippen molar-refractivity contribution in [3.8, 4) is 0 Å². The Morgan fingerprint density at radius 1 is 1.12 bits per heavy atom. The lowest BCUT2D eigenvalue weighted by Gasteiger charge is -2.30. The van der Waals surface area contributed by atoms with Gasteiger partial charge in [0.25, 0.3) is 0 Å². The summed E-state index contributed by atoms with van der Waals surface area (Å²) in [4.78, 5) is 6.73. The molecule has 0 saturated heterocycles. The van der Waals surface area contributed by atoms with E-state index in [1.54, 1.807) is 19.2 Å². The molecule has 0 aliphatic carbocycles. The summed E-state index contributed by atoms with van der Waals surface area (Å²) in [5.74, 6) is 0.711. The second-order valence-corrected chi connectivity index (χ2v) is 8.03. The molecule has 0 bridgehead atoms. The third-order valence-electron chi connectivity index (χ3n) is 3.92. The molecule has 0 saturated carbocycles. The van der Waals surface area contributed by atoms with E-state index in [4.69, 9.17) is 5.14 Å². The number of nitrogens with zero attached hydrogens (tertiary/aromatic N) is 2. The van der Waals surface area contributed by atoms with E-state index in [-0.39, 0.29) is 4.90 Å². The molecule has 0 amide bonds. The topological polar surface area (TPSA) is 99.8 Å². The normalized spacial score (nSPS) is 12.9. The van der Waals surface area contributed by atoms with Crippen LogP contribution in [0.5, 0.6) is 0 Å². The fourth-order valence-corrected chi connectivity index (χ4v) is 3.13. The highest BCUT2D eigenvalue weighted by Crippen LogP contribution is 2.08. The monoisotopic (exact) mass is 369 g/mol. The van der Waals surface area contributed by atoms with Crippen LogP contribution in [0.15, 0.2) is 34.2 Å². The molecule has 8 heteroatoms. The van der Waals surface area contributed by atoms with Crippen LogP contribution in [0.25, 0.3) is 0 Å². The van der Waals surface area contributed by atoms with Gasteiger partial charge in [0, 0.05) is 38.8 Å². The Labute approximate surface area is 151 Å². The standard InChI is InChI=1S/C17H31N5O2S/c1-13(2)22(14(3)4)11-10-20-17(19-5)21-12-15-6-8-16(9-7-15)25(18,23)24/h6-9,13-14H,10-12H2,1-5H3,(H2,18,23,24)(H2,19,20,21). The Balaban J connectivity index is 2.49. The van der Waals surface area contributed by atoms with Gasteiger partial charge >= 0.3 is 0 Å². The van der Waals surface area contributed by atoms with Crippen LogP contribution < -0.4 is 15.8 Å². The number of guanidine groups is 1. The van der Waals surface area contributed by atoms with Crippen LogP contribution in [0.4, 0.5) is 0 Å². The van der Waals surface area contributed by atoms with Crippen molar-refractivity contribution in [2.24, 2.45) is 10.1 Å². The van der Waals surface area contributed by atoms with Crippen molar-refractivity contribution in [2.45, 2.75) is 51.2 Å². The van der Waals surface area contributed by atoms with Crippen molar-refractivity contribution >= 4 is 16.0 Å². The zero-order chi connectivity index (χ0) is 19.0. The summed E-state index contributed by atoms with van der Waals surface area (Å²) in [5, 5.41) is 11.6. The lowest BCUT2D eigenvalue weighted by atomic mass is 10.2. The molecule has 0 fully saturated rings. The molecular weight excluding hydrogens is 338 g/mol. The maximum absolute atomic E-state index is 11.3. The predicted octanol–water partition coefficient (Wildman–Crippen LogP) is 1.12. The molecule has 0 spiro atoms. The average Bonchev–Trinajstić information content (AvgIpc) is 2.53. The SMILES string of the molecule is CN=C(NCCN(C(C)C)C(C)C)NCc1ccc(S(N)(=O)=O)cc1. The van der Waals surface area contributed by atoms with Crippen LogP contribution in [0.1, 0.15) is 33.3 Å². The maximum atomic E-state index is 11.3. The molecule has 7 nitrogen and oxygen atoms in total. The molecule has 1 rings (SSSR count). The second kappa shape index (κ2) is 9.74. The highest BCUT2D eigenvalue weighted by Gasteiger charge is 2.12. The van der Waals surface area contributed by atoms with E-state index in [1.807, 2.05) is 0 Å². The van der Waals surface area contributed by atoms with Crippen molar-refractivity contribution in [2.75, 3.05) is 20.1 Å². The zero-order valence-electron chi connectivity index (χ0n) is 15.8. The number of nitrogens with two attached hydrogens (primary N) is 1. The minimum atomic E-state index is -3.65. The van der Waals surface area contributed by atoms with E-state index < -0.39 is 10.0 Å². The molecule has 1 aromatic carbocycles. The summed E-state index contributed by atoms with van der Waals surface area (Å²) >= 11 is 0. The van der Waals surface area contributed by atoms with Crippen molar-refractivity contribution < 1.29 is 8.42 Å². The summed E-state index contributed by atoms with van der Waals surface area (Å²) in [6.07, 6.45) is 0. The van der Waals surface area contributed by atoms with Crippen molar-refractivity contribution in [1.82, 2.24) is 15.5 Å². The summed E-state index contributed by atoms with van der Waals surface area (Å²) in [7, 11) is -1.93. The molecule has 0 radical (unpaired) electrons. The highest BCUT2D eigenvalue weighted by molar-refractivity contribution is 7.89. The van der Waals surface area contributed by atoms with Gasteiger partial charge in [0.2, 0.25) is 10.0 Å². The van der Waals surface area contributed by atoms with E-state index in [1.165, 1.54) is 12.1 Å². The first kappa shape index (κ1) is 21.4. The number of aliphatic imine (C=N–C) groups is 1. The van der Waals surface area contributed by atoms with E-state index >= 15 is 0 Å². The third kappa shape index (κ3) is 7.41. The summed E-state index contributed by atoms with van der Waals surface area (Å²) in [6.45, 7) is 11.0. The van der Waals surface area contributed by atoms with Gasteiger partial charge in [-0.25, -0.2) is 13.6 Å². The van der Waals surface area contributed by atoms with Crippen LogP contribution in [0, 0.1) is 0 Å². The van der Waals surface area contributed by atoms with E-state index in [0.717, 1.165) is 18.7 Å². The largest absolute Gasteiger partial charge is 0.355 e. The number of hydrogen-bond donors (Lipinski definition) is 3. The second-order valence-electron chi connectivity index (χ2n) is 6.47. The quantitative estimate of drug-likeness (QED) is 0.471. The van der Waals surface area contributed by atoms with E-state index in [2.05, 4.69) is 48.2 Å². The minimum Gasteiger partial charge on any atom is -0.355 e.